The third-order valence-corrected chi connectivity index (χ3v) is 4.01. The van der Waals surface area contributed by atoms with Crippen LogP contribution in [0.2, 0.25) is 0 Å². The monoisotopic (exact) mass is 282 g/mol. The average molecular weight is 282 g/mol. The fraction of sp³-hybridized carbons (Fsp3) is 0.571. The van der Waals surface area contributed by atoms with E-state index in [1.807, 2.05) is 0 Å². The van der Waals surface area contributed by atoms with E-state index in [2.05, 4.69) is 20.4 Å². The zero-order valence-corrected chi connectivity index (χ0v) is 11.4. The van der Waals surface area contributed by atoms with Crippen molar-refractivity contribution in [3.05, 3.63) is 29.8 Å². The molecule has 2 saturated heterocycles. The highest BCUT2D eigenvalue weighted by molar-refractivity contribution is 5.49. The summed E-state index contributed by atoms with van der Waals surface area (Å²) < 4.78 is 27.1. The molecule has 4 nitrogen and oxygen atoms in total. The molecule has 0 spiro atoms. The third kappa shape index (κ3) is 2.77. The largest absolute Gasteiger partial charge is 0.351 e. The van der Waals surface area contributed by atoms with E-state index in [1.165, 1.54) is 6.07 Å². The minimum atomic E-state index is -0.528. The van der Waals surface area contributed by atoms with E-state index in [0.717, 1.165) is 51.9 Å². The predicted octanol–water partition coefficient (Wildman–Crippen LogP) is 0.606. The zero-order chi connectivity index (χ0) is 13.9. The van der Waals surface area contributed by atoms with Crippen molar-refractivity contribution in [3.63, 3.8) is 0 Å². The molecule has 3 rings (SSSR count). The van der Waals surface area contributed by atoms with Crippen LogP contribution in [0, 0.1) is 11.6 Å². The van der Waals surface area contributed by atoms with Gasteiger partial charge in [0.2, 0.25) is 0 Å². The van der Waals surface area contributed by atoms with Crippen molar-refractivity contribution in [1.29, 1.82) is 0 Å². The topological polar surface area (TPSA) is 30.5 Å². The summed E-state index contributed by atoms with van der Waals surface area (Å²) in [5, 5.41) is 6.69. The summed E-state index contributed by atoms with van der Waals surface area (Å²) in [5.74, 6) is -1.01. The molecule has 0 amide bonds. The predicted molar refractivity (Wildman–Crippen MR) is 74.8 cm³/mol. The Morgan fingerprint density at radius 3 is 2.50 bits per heavy atom. The van der Waals surface area contributed by atoms with E-state index in [9.17, 15) is 8.78 Å². The van der Waals surface area contributed by atoms with Gasteiger partial charge in [-0.25, -0.2) is 8.78 Å². The van der Waals surface area contributed by atoms with Gasteiger partial charge in [-0.3, -0.25) is 4.90 Å². The molecule has 2 aliphatic heterocycles. The molecule has 0 radical (unpaired) electrons. The maximum Gasteiger partial charge on any atom is 0.149 e. The van der Waals surface area contributed by atoms with E-state index in [1.54, 1.807) is 6.07 Å². The normalized spacial score (nSPS) is 24.9. The Morgan fingerprint density at radius 1 is 1.00 bits per heavy atom. The fourth-order valence-corrected chi connectivity index (χ4v) is 2.99. The lowest BCUT2D eigenvalue weighted by Gasteiger charge is -2.45. The van der Waals surface area contributed by atoms with Gasteiger partial charge in [0.1, 0.15) is 11.6 Å². The lowest BCUT2D eigenvalue weighted by molar-refractivity contribution is 0.154. The molecule has 1 atom stereocenters. The number of hydrogen-bond acceptors (Lipinski definition) is 4. The molecule has 0 saturated carbocycles. The summed E-state index contributed by atoms with van der Waals surface area (Å²) in [6.45, 7) is 6.16. The van der Waals surface area contributed by atoms with E-state index < -0.39 is 11.6 Å². The van der Waals surface area contributed by atoms with Crippen molar-refractivity contribution in [1.82, 2.24) is 15.5 Å². The molecule has 1 unspecified atom stereocenters. The molecular formula is C14H20F2N4. The lowest BCUT2D eigenvalue weighted by Crippen LogP contribution is -2.62. The van der Waals surface area contributed by atoms with E-state index in [4.69, 9.17) is 0 Å². The number of piperazine rings is 2. The first-order valence-electron chi connectivity index (χ1n) is 7.13. The smallest absolute Gasteiger partial charge is 0.149 e. The van der Waals surface area contributed by atoms with Gasteiger partial charge in [-0.1, -0.05) is 0 Å². The Bertz CT molecular complexity index is 462. The van der Waals surface area contributed by atoms with Crippen molar-refractivity contribution in [2.24, 2.45) is 0 Å². The van der Waals surface area contributed by atoms with Gasteiger partial charge in [0.15, 0.2) is 0 Å². The quantitative estimate of drug-likeness (QED) is 0.832. The molecule has 20 heavy (non-hydrogen) atoms. The Labute approximate surface area is 117 Å². The van der Waals surface area contributed by atoms with Crippen LogP contribution >= 0.6 is 0 Å². The SMILES string of the molecule is Fc1ccc(N2CCNCC2N2CCNCC2)c(F)c1. The van der Waals surface area contributed by atoms with Crippen molar-refractivity contribution in [2.75, 3.05) is 50.7 Å². The highest BCUT2D eigenvalue weighted by Crippen LogP contribution is 2.24. The number of rotatable bonds is 2. The molecule has 0 bridgehead atoms. The highest BCUT2D eigenvalue weighted by Gasteiger charge is 2.30. The maximum absolute atomic E-state index is 14.0. The second kappa shape index (κ2) is 6.03. The molecule has 6 heteroatoms. The summed E-state index contributed by atoms with van der Waals surface area (Å²) in [7, 11) is 0. The Hall–Kier alpha value is -1.24. The number of halogens is 2. The van der Waals surface area contributed by atoms with Gasteiger partial charge in [-0.05, 0) is 12.1 Å². The molecule has 2 aliphatic rings. The Balaban J connectivity index is 1.84. The second-order valence-corrected chi connectivity index (χ2v) is 5.26. The van der Waals surface area contributed by atoms with E-state index >= 15 is 0 Å². The van der Waals surface area contributed by atoms with Crippen LogP contribution in [0.5, 0.6) is 0 Å². The van der Waals surface area contributed by atoms with Gasteiger partial charge in [0.05, 0.1) is 11.9 Å². The maximum atomic E-state index is 14.0. The highest BCUT2D eigenvalue weighted by atomic mass is 19.1. The molecule has 0 aliphatic carbocycles. The Kier molecular flexibility index (Phi) is 4.14. The number of anilines is 1. The van der Waals surface area contributed by atoms with Crippen molar-refractivity contribution in [2.45, 2.75) is 6.17 Å². The average Bonchev–Trinajstić information content (AvgIpc) is 2.48. The zero-order valence-electron chi connectivity index (χ0n) is 11.4. The molecule has 2 heterocycles. The molecule has 2 N–H and O–H groups in total. The molecule has 0 aromatic heterocycles. The first-order chi connectivity index (χ1) is 9.75. The van der Waals surface area contributed by atoms with Crippen molar-refractivity contribution >= 4 is 5.69 Å². The van der Waals surface area contributed by atoms with Crippen LogP contribution < -0.4 is 15.5 Å². The molecule has 110 valence electrons. The van der Waals surface area contributed by atoms with Crippen LogP contribution in [0.4, 0.5) is 14.5 Å². The fourth-order valence-electron chi connectivity index (χ4n) is 2.99. The summed E-state index contributed by atoms with van der Waals surface area (Å²) in [5.41, 5.74) is 0.497. The van der Waals surface area contributed by atoms with E-state index in [0.29, 0.717) is 5.69 Å². The van der Waals surface area contributed by atoms with Gasteiger partial charge in [0, 0.05) is 51.9 Å². The van der Waals surface area contributed by atoms with Gasteiger partial charge in [-0.2, -0.15) is 0 Å². The van der Waals surface area contributed by atoms with Crippen LogP contribution in [-0.4, -0.2) is 56.9 Å². The van der Waals surface area contributed by atoms with Crippen molar-refractivity contribution in [3.8, 4) is 0 Å². The van der Waals surface area contributed by atoms with Gasteiger partial charge in [0.25, 0.3) is 0 Å². The Morgan fingerprint density at radius 2 is 1.75 bits per heavy atom. The van der Waals surface area contributed by atoms with Crippen LogP contribution in [0.1, 0.15) is 0 Å². The second-order valence-electron chi connectivity index (χ2n) is 5.26. The lowest BCUT2D eigenvalue weighted by atomic mass is 10.2. The molecular weight excluding hydrogens is 262 g/mol. The first kappa shape index (κ1) is 13.7. The van der Waals surface area contributed by atoms with Crippen LogP contribution in [0.3, 0.4) is 0 Å². The summed E-state index contributed by atoms with van der Waals surface area (Å²) >= 11 is 0. The molecule has 2 fully saturated rings. The number of hydrogen-bond donors (Lipinski definition) is 2. The van der Waals surface area contributed by atoms with Crippen LogP contribution in [0.25, 0.3) is 0 Å². The summed E-state index contributed by atoms with van der Waals surface area (Å²) in [6.07, 6.45) is 0.130. The third-order valence-electron chi connectivity index (χ3n) is 4.01. The minimum Gasteiger partial charge on any atom is -0.351 e. The van der Waals surface area contributed by atoms with Crippen LogP contribution in [-0.2, 0) is 0 Å². The molecule has 1 aromatic rings. The van der Waals surface area contributed by atoms with Gasteiger partial charge in [-0.15, -0.1) is 0 Å². The summed E-state index contributed by atoms with van der Waals surface area (Å²) in [4.78, 5) is 4.40. The van der Waals surface area contributed by atoms with E-state index in [-0.39, 0.29) is 6.17 Å². The van der Waals surface area contributed by atoms with Crippen molar-refractivity contribution < 1.29 is 8.78 Å². The van der Waals surface area contributed by atoms with Crippen LogP contribution in [0.15, 0.2) is 18.2 Å². The number of nitrogens with zero attached hydrogens (tertiary/aromatic N) is 2. The summed E-state index contributed by atoms with van der Waals surface area (Å²) in [6, 6.07) is 3.84. The standard InChI is InChI=1S/C14H20F2N4/c15-11-1-2-13(12(16)9-11)20-8-5-18-10-14(20)19-6-3-17-4-7-19/h1-2,9,14,17-18H,3-8,10H2. The van der Waals surface area contributed by atoms with Gasteiger partial charge < -0.3 is 15.5 Å². The minimum absolute atomic E-state index is 0.130. The number of nitrogens with one attached hydrogen (secondary N) is 2. The number of benzene rings is 1. The molecule has 1 aromatic carbocycles. The first-order valence-corrected chi connectivity index (χ1v) is 7.13. The van der Waals surface area contributed by atoms with Gasteiger partial charge >= 0.3 is 0 Å².